The molecule has 0 spiro atoms. The molecule has 0 amide bonds. The summed E-state index contributed by atoms with van der Waals surface area (Å²) < 4.78 is 1.22. The van der Waals surface area contributed by atoms with Crippen molar-refractivity contribution in [3.05, 3.63) is 33.8 Å². The van der Waals surface area contributed by atoms with Crippen molar-refractivity contribution in [1.82, 2.24) is 10.2 Å². The highest BCUT2D eigenvalue weighted by atomic mass is 79.9. The van der Waals surface area contributed by atoms with E-state index in [0.29, 0.717) is 0 Å². The third kappa shape index (κ3) is 3.59. The molecule has 1 heterocycles. The molecule has 2 aliphatic rings. The van der Waals surface area contributed by atoms with Crippen molar-refractivity contribution in [1.29, 1.82) is 0 Å². The van der Waals surface area contributed by atoms with Gasteiger partial charge in [-0.05, 0) is 62.4 Å². The summed E-state index contributed by atoms with van der Waals surface area (Å²) in [4.78, 5) is 2.69. The van der Waals surface area contributed by atoms with E-state index in [4.69, 9.17) is 0 Å². The Balaban J connectivity index is 1.41. The Hall–Kier alpha value is -0.380. The fourth-order valence-electron chi connectivity index (χ4n) is 2.97. The lowest BCUT2D eigenvalue weighted by atomic mass is 10.1. The van der Waals surface area contributed by atoms with Crippen LogP contribution in [0.5, 0.6) is 0 Å². The highest BCUT2D eigenvalue weighted by molar-refractivity contribution is 9.10. The molecule has 1 N–H and O–H groups in total. The van der Waals surface area contributed by atoms with Crippen LogP contribution in [-0.4, -0.2) is 30.6 Å². The first-order chi connectivity index (χ1) is 9.22. The highest BCUT2D eigenvalue weighted by Gasteiger charge is 2.33. The van der Waals surface area contributed by atoms with Gasteiger partial charge in [0.1, 0.15) is 0 Å². The van der Waals surface area contributed by atoms with Crippen LogP contribution >= 0.6 is 15.9 Å². The van der Waals surface area contributed by atoms with E-state index in [1.807, 2.05) is 0 Å². The normalized spacial score (nSPS) is 24.0. The van der Waals surface area contributed by atoms with Gasteiger partial charge in [0.15, 0.2) is 0 Å². The molecule has 1 saturated heterocycles. The van der Waals surface area contributed by atoms with Crippen LogP contribution < -0.4 is 5.32 Å². The third-order valence-corrected chi connectivity index (χ3v) is 5.23. The molecule has 19 heavy (non-hydrogen) atoms. The van der Waals surface area contributed by atoms with Gasteiger partial charge in [-0.2, -0.15) is 0 Å². The van der Waals surface area contributed by atoms with Gasteiger partial charge in [-0.1, -0.05) is 28.1 Å². The molecule has 1 aromatic carbocycles. The molecule has 1 atom stereocenters. The van der Waals surface area contributed by atoms with Crippen molar-refractivity contribution in [2.45, 2.75) is 38.8 Å². The second-order valence-electron chi connectivity index (χ2n) is 6.10. The molecule has 0 aromatic heterocycles. The maximum Gasteiger partial charge on any atom is 0.0207 e. The molecule has 0 radical (unpaired) electrons. The number of likely N-dealkylation sites (tertiary alicyclic amines) is 1. The van der Waals surface area contributed by atoms with E-state index < -0.39 is 0 Å². The number of nitrogens with zero attached hydrogens (tertiary/aromatic N) is 1. The maximum absolute atomic E-state index is 3.62. The van der Waals surface area contributed by atoms with Crippen LogP contribution in [0.4, 0.5) is 0 Å². The topological polar surface area (TPSA) is 15.3 Å². The summed E-state index contributed by atoms with van der Waals surface area (Å²) in [5.41, 5.74) is 2.68. The molecule has 1 aliphatic heterocycles. The predicted octanol–water partition coefficient (Wildman–Crippen LogP) is 3.33. The molecular weight excluding hydrogens is 300 g/mol. The van der Waals surface area contributed by atoms with E-state index in [0.717, 1.165) is 25.0 Å². The van der Waals surface area contributed by atoms with E-state index in [9.17, 15) is 0 Å². The van der Waals surface area contributed by atoms with Crippen molar-refractivity contribution in [3.63, 3.8) is 0 Å². The average Bonchev–Trinajstić information content (AvgIpc) is 3.14. The van der Waals surface area contributed by atoms with Gasteiger partial charge in [0.25, 0.3) is 0 Å². The van der Waals surface area contributed by atoms with Crippen molar-refractivity contribution < 1.29 is 0 Å². The largest absolute Gasteiger partial charge is 0.312 e. The Labute approximate surface area is 124 Å². The predicted molar refractivity (Wildman–Crippen MR) is 83.3 cm³/mol. The number of aryl methyl sites for hydroxylation is 1. The van der Waals surface area contributed by atoms with Crippen molar-refractivity contribution in [2.75, 3.05) is 19.6 Å². The van der Waals surface area contributed by atoms with Crippen LogP contribution in [0.15, 0.2) is 22.7 Å². The number of hydrogen-bond acceptors (Lipinski definition) is 2. The zero-order chi connectivity index (χ0) is 13.2. The lowest BCUT2D eigenvalue weighted by molar-refractivity contribution is 0.312. The van der Waals surface area contributed by atoms with Gasteiger partial charge in [-0.15, -0.1) is 0 Å². The molecule has 1 saturated carbocycles. The van der Waals surface area contributed by atoms with Crippen LogP contribution in [0, 0.1) is 12.8 Å². The van der Waals surface area contributed by atoms with E-state index in [-0.39, 0.29) is 0 Å². The molecule has 2 fully saturated rings. The standard InChI is InChI=1S/C16H23BrN2/c1-12-2-3-13(8-16(12)17)9-18-10-14-6-7-19(11-14)15-4-5-15/h2-3,8,14-15,18H,4-7,9-11H2,1H3. The summed E-state index contributed by atoms with van der Waals surface area (Å²) in [5.74, 6) is 0.856. The first kappa shape index (κ1) is 13.6. The van der Waals surface area contributed by atoms with Crippen molar-refractivity contribution >= 4 is 15.9 Å². The summed E-state index contributed by atoms with van der Waals surface area (Å²) in [6.07, 6.45) is 4.26. The average molecular weight is 323 g/mol. The lowest BCUT2D eigenvalue weighted by Crippen LogP contribution is -2.27. The number of benzene rings is 1. The smallest absolute Gasteiger partial charge is 0.0207 e. The first-order valence-electron chi connectivity index (χ1n) is 7.42. The fraction of sp³-hybridized carbons (Fsp3) is 0.625. The minimum Gasteiger partial charge on any atom is -0.312 e. The Kier molecular flexibility index (Phi) is 4.25. The molecule has 1 unspecified atom stereocenters. The molecule has 1 aromatic rings. The van der Waals surface area contributed by atoms with Crippen LogP contribution in [-0.2, 0) is 6.54 Å². The van der Waals surface area contributed by atoms with Crippen molar-refractivity contribution in [2.24, 2.45) is 5.92 Å². The summed E-state index contributed by atoms with van der Waals surface area (Å²) in [6.45, 7) is 6.92. The number of halogens is 1. The summed E-state index contributed by atoms with van der Waals surface area (Å²) in [6, 6.07) is 7.58. The van der Waals surface area contributed by atoms with Crippen LogP contribution in [0.2, 0.25) is 0 Å². The monoisotopic (exact) mass is 322 g/mol. The number of nitrogens with one attached hydrogen (secondary N) is 1. The minimum absolute atomic E-state index is 0.856. The van der Waals surface area contributed by atoms with Gasteiger partial charge < -0.3 is 10.2 Å². The molecule has 104 valence electrons. The van der Waals surface area contributed by atoms with Crippen molar-refractivity contribution in [3.8, 4) is 0 Å². The third-order valence-electron chi connectivity index (χ3n) is 4.38. The fourth-order valence-corrected chi connectivity index (χ4v) is 3.39. The maximum atomic E-state index is 3.62. The summed E-state index contributed by atoms with van der Waals surface area (Å²) in [7, 11) is 0. The van der Waals surface area contributed by atoms with Gasteiger partial charge in [-0.25, -0.2) is 0 Å². The van der Waals surface area contributed by atoms with Crippen LogP contribution in [0.3, 0.4) is 0 Å². The Morgan fingerprint density at radius 3 is 2.89 bits per heavy atom. The minimum atomic E-state index is 0.856. The second-order valence-corrected chi connectivity index (χ2v) is 6.95. The first-order valence-corrected chi connectivity index (χ1v) is 8.21. The molecule has 3 heteroatoms. The quantitative estimate of drug-likeness (QED) is 0.894. The van der Waals surface area contributed by atoms with E-state index in [2.05, 4.69) is 51.3 Å². The highest BCUT2D eigenvalue weighted by Crippen LogP contribution is 2.31. The summed E-state index contributed by atoms with van der Waals surface area (Å²) in [5, 5.41) is 3.62. The second kappa shape index (κ2) is 5.94. The Morgan fingerprint density at radius 1 is 1.32 bits per heavy atom. The summed E-state index contributed by atoms with van der Waals surface area (Å²) >= 11 is 3.60. The molecule has 2 nitrogen and oxygen atoms in total. The Morgan fingerprint density at radius 2 is 2.16 bits per heavy atom. The number of hydrogen-bond donors (Lipinski definition) is 1. The zero-order valence-electron chi connectivity index (χ0n) is 11.7. The van der Waals surface area contributed by atoms with Crippen LogP contribution in [0.1, 0.15) is 30.4 Å². The SMILES string of the molecule is Cc1ccc(CNCC2CCN(C3CC3)C2)cc1Br. The van der Waals surface area contributed by atoms with E-state index >= 15 is 0 Å². The zero-order valence-corrected chi connectivity index (χ0v) is 13.2. The molecule has 0 bridgehead atoms. The van der Waals surface area contributed by atoms with Gasteiger partial charge >= 0.3 is 0 Å². The van der Waals surface area contributed by atoms with Gasteiger partial charge in [-0.3, -0.25) is 0 Å². The lowest BCUT2D eigenvalue weighted by Gasteiger charge is -2.15. The van der Waals surface area contributed by atoms with Gasteiger partial charge in [0.05, 0.1) is 0 Å². The van der Waals surface area contributed by atoms with Gasteiger partial charge in [0, 0.05) is 23.6 Å². The molecular formula is C16H23BrN2. The molecule has 3 rings (SSSR count). The number of rotatable bonds is 5. The molecule has 1 aliphatic carbocycles. The van der Waals surface area contributed by atoms with Crippen LogP contribution in [0.25, 0.3) is 0 Å². The van der Waals surface area contributed by atoms with E-state index in [1.165, 1.54) is 48.0 Å². The van der Waals surface area contributed by atoms with Gasteiger partial charge in [0.2, 0.25) is 0 Å². The Bertz CT molecular complexity index is 442. The van der Waals surface area contributed by atoms with E-state index in [1.54, 1.807) is 0 Å².